The largest absolute Gasteiger partial charge is 0.268 e. The smallest absolute Gasteiger partial charge is 0.0681 e. The second kappa shape index (κ2) is 2.87. The van der Waals surface area contributed by atoms with Crippen LogP contribution in [-0.2, 0) is 13.5 Å². The summed E-state index contributed by atoms with van der Waals surface area (Å²) in [6.07, 6.45) is 3.02. The molecule has 0 aliphatic carbocycles. The summed E-state index contributed by atoms with van der Waals surface area (Å²) in [4.78, 5) is 0. The SMILES string of the molecule is CCc1cc2cnn(C)c2cc1C. The van der Waals surface area contributed by atoms with Gasteiger partial charge in [-0.2, -0.15) is 5.10 Å². The Labute approximate surface area is 78.2 Å². The average Bonchev–Trinajstić information content (AvgIpc) is 2.47. The molecule has 0 atom stereocenters. The summed E-state index contributed by atoms with van der Waals surface area (Å²) in [6, 6.07) is 4.44. The third-order valence-electron chi connectivity index (χ3n) is 2.58. The van der Waals surface area contributed by atoms with Gasteiger partial charge in [-0.3, -0.25) is 4.68 Å². The Hall–Kier alpha value is -1.31. The van der Waals surface area contributed by atoms with Gasteiger partial charge in [0.15, 0.2) is 0 Å². The van der Waals surface area contributed by atoms with E-state index >= 15 is 0 Å². The molecule has 0 fully saturated rings. The van der Waals surface area contributed by atoms with Gasteiger partial charge in [-0.15, -0.1) is 0 Å². The minimum Gasteiger partial charge on any atom is -0.268 e. The molecular weight excluding hydrogens is 160 g/mol. The van der Waals surface area contributed by atoms with E-state index in [0.29, 0.717) is 0 Å². The molecule has 0 N–H and O–H groups in total. The van der Waals surface area contributed by atoms with Gasteiger partial charge >= 0.3 is 0 Å². The second-order valence-electron chi connectivity index (χ2n) is 3.46. The normalized spacial score (nSPS) is 11.0. The lowest BCUT2D eigenvalue weighted by molar-refractivity contribution is 0.796. The predicted octanol–water partition coefficient (Wildman–Crippen LogP) is 2.44. The molecule has 1 aromatic heterocycles. The molecule has 68 valence electrons. The summed E-state index contributed by atoms with van der Waals surface area (Å²) in [6.45, 7) is 4.34. The van der Waals surface area contributed by atoms with Crippen LogP contribution >= 0.6 is 0 Å². The summed E-state index contributed by atoms with van der Waals surface area (Å²) in [5.41, 5.74) is 3.99. The van der Waals surface area contributed by atoms with Crippen LogP contribution in [0.15, 0.2) is 18.3 Å². The van der Waals surface area contributed by atoms with Crippen molar-refractivity contribution in [2.24, 2.45) is 7.05 Å². The second-order valence-corrected chi connectivity index (χ2v) is 3.46. The first-order chi connectivity index (χ1) is 6.22. The van der Waals surface area contributed by atoms with Crippen molar-refractivity contribution in [3.8, 4) is 0 Å². The van der Waals surface area contributed by atoms with E-state index in [1.54, 1.807) is 0 Å². The highest BCUT2D eigenvalue weighted by atomic mass is 15.2. The third-order valence-corrected chi connectivity index (χ3v) is 2.58. The van der Waals surface area contributed by atoms with Crippen LogP contribution in [-0.4, -0.2) is 9.78 Å². The molecule has 0 radical (unpaired) electrons. The first-order valence-electron chi connectivity index (χ1n) is 4.63. The summed E-state index contributed by atoms with van der Waals surface area (Å²) in [7, 11) is 1.98. The first kappa shape index (κ1) is 8.30. The lowest BCUT2D eigenvalue weighted by atomic mass is 10.0. The zero-order chi connectivity index (χ0) is 9.42. The summed E-state index contributed by atoms with van der Waals surface area (Å²) in [5, 5.41) is 5.47. The molecule has 1 aromatic carbocycles. The van der Waals surface area contributed by atoms with Crippen LogP contribution in [0, 0.1) is 6.92 Å². The number of hydrogen-bond acceptors (Lipinski definition) is 1. The number of rotatable bonds is 1. The number of aromatic nitrogens is 2. The van der Waals surface area contributed by atoms with E-state index in [0.717, 1.165) is 6.42 Å². The highest BCUT2D eigenvalue weighted by Crippen LogP contribution is 2.19. The minimum atomic E-state index is 1.09. The zero-order valence-corrected chi connectivity index (χ0v) is 8.33. The van der Waals surface area contributed by atoms with Gasteiger partial charge in [0.2, 0.25) is 0 Å². The minimum absolute atomic E-state index is 1.09. The zero-order valence-electron chi connectivity index (χ0n) is 8.33. The number of benzene rings is 1. The Balaban J connectivity index is 2.76. The molecule has 0 spiro atoms. The lowest BCUT2D eigenvalue weighted by Crippen LogP contribution is -1.91. The Morgan fingerprint density at radius 3 is 2.85 bits per heavy atom. The molecule has 0 saturated heterocycles. The predicted molar refractivity (Wildman–Crippen MR) is 54.8 cm³/mol. The van der Waals surface area contributed by atoms with Crippen molar-refractivity contribution in [3.63, 3.8) is 0 Å². The Morgan fingerprint density at radius 2 is 2.15 bits per heavy atom. The molecule has 0 aliphatic rings. The molecule has 13 heavy (non-hydrogen) atoms. The van der Waals surface area contributed by atoms with Crippen molar-refractivity contribution < 1.29 is 0 Å². The van der Waals surface area contributed by atoms with Gasteiger partial charge in [-0.1, -0.05) is 6.92 Å². The monoisotopic (exact) mass is 174 g/mol. The summed E-state index contributed by atoms with van der Waals surface area (Å²) >= 11 is 0. The number of hydrogen-bond donors (Lipinski definition) is 0. The van der Waals surface area contributed by atoms with Crippen molar-refractivity contribution in [2.45, 2.75) is 20.3 Å². The van der Waals surface area contributed by atoms with Gasteiger partial charge in [0.25, 0.3) is 0 Å². The van der Waals surface area contributed by atoms with Crippen LogP contribution < -0.4 is 0 Å². The fourth-order valence-electron chi connectivity index (χ4n) is 1.73. The van der Waals surface area contributed by atoms with E-state index in [9.17, 15) is 0 Å². The fraction of sp³-hybridized carbons (Fsp3) is 0.364. The van der Waals surface area contributed by atoms with E-state index in [1.165, 1.54) is 22.0 Å². The van der Waals surface area contributed by atoms with Crippen molar-refractivity contribution in [1.82, 2.24) is 9.78 Å². The number of aryl methyl sites for hydroxylation is 3. The topological polar surface area (TPSA) is 17.8 Å². The first-order valence-corrected chi connectivity index (χ1v) is 4.63. The van der Waals surface area contributed by atoms with E-state index < -0.39 is 0 Å². The van der Waals surface area contributed by atoms with Gasteiger partial charge in [0.05, 0.1) is 11.7 Å². The molecule has 2 nitrogen and oxygen atoms in total. The maximum Gasteiger partial charge on any atom is 0.0681 e. The molecule has 2 aromatic rings. The van der Waals surface area contributed by atoms with Crippen molar-refractivity contribution in [2.75, 3.05) is 0 Å². The molecule has 0 saturated carbocycles. The van der Waals surface area contributed by atoms with E-state index in [2.05, 4.69) is 31.1 Å². The highest BCUT2D eigenvalue weighted by Gasteiger charge is 2.02. The van der Waals surface area contributed by atoms with Crippen molar-refractivity contribution >= 4 is 10.9 Å². The van der Waals surface area contributed by atoms with Crippen LogP contribution in [0.1, 0.15) is 18.1 Å². The van der Waals surface area contributed by atoms with Crippen LogP contribution in [0.4, 0.5) is 0 Å². The van der Waals surface area contributed by atoms with Gasteiger partial charge in [-0.05, 0) is 36.6 Å². The van der Waals surface area contributed by atoms with Gasteiger partial charge < -0.3 is 0 Å². The number of fused-ring (bicyclic) bond motifs is 1. The van der Waals surface area contributed by atoms with Crippen LogP contribution in [0.2, 0.25) is 0 Å². The number of nitrogens with zero attached hydrogens (tertiary/aromatic N) is 2. The molecule has 0 amide bonds. The van der Waals surface area contributed by atoms with Gasteiger partial charge in [0, 0.05) is 12.4 Å². The maximum absolute atomic E-state index is 4.23. The third kappa shape index (κ3) is 1.22. The molecule has 0 aliphatic heterocycles. The van der Waals surface area contributed by atoms with Crippen molar-refractivity contribution in [1.29, 1.82) is 0 Å². The quantitative estimate of drug-likeness (QED) is 0.649. The van der Waals surface area contributed by atoms with Crippen LogP contribution in [0.25, 0.3) is 10.9 Å². The Morgan fingerprint density at radius 1 is 1.38 bits per heavy atom. The average molecular weight is 174 g/mol. The molecule has 2 rings (SSSR count). The Kier molecular flexibility index (Phi) is 1.83. The highest BCUT2D eigenvalue weighted by molar-refractivity contribution is 5.80. The van der Waals surface area contributed by atoms with Crippen molar-refractivity contribution in [3.05, 3.63) is 29.5 Å². The lowest BCUT2D eigenvalue weighted by Gasteiger charge is -2.03. The fourth-order valence-corrected chi connectivity index (χ4v) is 1.73. The maximum atomic E-state index is 4.23. The summed E-state index contributed by atoms with van der Waals surface area (Å²) < 4.78 is 1.92. The van der Waals surface area contributed by atoms with Gasteiger partial charge in [-0.25, -0.2) is 0 Å². The molecule has 2 heteroatoms. The van der Waals surface area contributed by atoms with E-state index in [-0.39, 0.29) is 0 Å². The van der Waals surface area contributed by atoms with E-state index in [4.69, 9.17) is 0 Å². The van der Waals surface area contributed by atoms with Gasteiger partial charge in [0.1, 0.15) is 0 Å². The molecule has 0 unspecified atom stereocenters. The van der Waals surface area contributed by atoms with Crippen LogP contribution in [0.5, 0.6) is 0 Å². The molecular formula is C11H14N2. The Bertz CT molecular complexity index is 441. The van der Waals surface area contributed by atoms with E-state index in [1.807, 2.05) is 17.9 Å². The molecule has 0 bridgehead atoms. The molecule has 1 heterocycles. The standard InChI is InChI=1S/C11H14N2/c1-4-9-6-10-7-12-13(3)11(10)5-8(9)2/h5-7H,4H2,1-3H3. The summed E-state index contributed by atoms with van der Waals surface area (Å²) in [5.74, 6) is 0. The van der Waals surface area contributed by atoms with Crippen LogP contribution in [0.3, 0.4) is 0 Å².